The van der Waals surface area contributed by atoms with E-state index < -0.39 is 14.9 Å². The Hall–Kier alpha value is -2.32. The molecule has 0 amide bonds. The van der Waals surface area contributed by atoms with Gasteiger partial charge < -0.3 is 0 Å². The Bertz CT molecular complexity index is 925. The van der Waals surface area contributed by atoms with E-state index in [9.17, 15) is 22.9 Å². The van der Waals surface area contributed by atoms with Crippen LogP contribution >= 0.6 is 0 Å². The molecule has 1 aliphatic rings. The normalized spacial score (nSPS) is 14.6. The molecule has 8 heteroatoms. The van der Waals surface area contributed by atoms with E-state index in [0.29, 0.717) is 18.0 Å². The van der Waals surface area contributed by atoms with Crippen molar-refractivity contribution in [3.63, 3.8) is 0 Å². The second-order valence-electron chi connectivity index (χ2n) is 6.52. The summed E-state index contributed by atoms with van der Waals surface area (Å²) in [5, 5.41) is 11.1. The lowest BCUT2D eigenvalue weighted by molar-refractivity contribution is -0.385. The molecule has 3 rings (SSSR count). The molecular formula is C18H19FN2O4S. The summed E-state index contributed by atoms with van der Waals surface area (Å²) in [5.41, 5.74) is 0.565. The highest BCUT2D eigenvalue weighted by Gasteiger charge is 2.33. The third kappa shape index (κ3) is 3.91. The monoisotopic (exact) mass is 378 g/mol. The molecule has 2 aromatic carbocycles. The molecule has 2 aromatic rings. The largest absolute Gasteiger partial charge is 0.273 e. The lowest BCUT2D eigenvalue weighted by atomic mass is 10.2. The molecule has 26 heavy (non-hydrogen) atoms. The van der Waals surface area contributed by atoms with Crippen LogP contribution in [0.1, 0.15) is 24.0 Å². The van der Waals surface area contributed by atoms with Gasteiger partial charge in [0.15, 0.2) is 0 Å². The third-order valence-corrected chi connectivity index (χ3v) is 6.46. The van der Waals surface area contributed by atoms with E-state index in [-0.39, 0.29) is 28.5 Å². The molecule has 0 atom stereocenters. The van der Waals surface area contributed by atoms with Crippen LogP contribution in [-0.2, 0) is 16.6 Å². The van der Waals surface area contributed by atoms with Gasteiger partial charge in [0.2, 0.25) is 10.0 Å². The van der Waals surface area contributed by atoms with Gasteiger partial charge in [-0.15, -0.1) is 0 Å². The summed E-state index contributed by atoms with van der Waals surface area (Å²) < 4.78 is 40.8. The van der Waals surface area contributed by atoms with Gasteiger partial charge in [-0.25, -0.2) is 12.8 Å². The predicted octanol–water partition coefficient (Wildman–Crippen LogP) is 3.64. The van der Waals surface area contributed by atoms with Crippen LogP contribution in [0.25, 0.3) is 0 Å². The van der Waals surface area contributed by atoms with Gasteiger partial charge in [0.05, 0.1) is 9.82 Å². The summed E-state index contributed by atoms with van der Waals surface area (Å²) in [6.45, 7) is 1.89. The zero-order valence-electron chi connectivity index (χ0n) is 14.3. The molecule has 0 spiro atoms. The van der Waals surface area contributed by atoms with Crippen LogP contribution in [0.5, 0.6) is 0 Å². The van der Waals surface area contributed by atoms with Gasteiger partial charge in [0, 0.05) is 24.7 Å². The van der Waals surface area contributed by atoms with E-state index >= 15 is 0 Å². The smallest absolute Gasteiger partial charge is 0.258 e. The lowest BCUT2D eigenvalue weighted by Gasteiger charge is -2.23. The van der Waals surface area contributed by atoms with Gasteiger partial charge in [0.25, 0.3) is 5.69 Å². The zero-order chi connectivity index (χ0) is 18.9. The van der Waals surface area contributed by atoms with E-state index in [1.807, 2.05) is 0 Å². The quantitative estimate of drug-likeness (QED) is 0.544. The van der Waals surface area contributed by atoms with E-state index in [1.165, 1.54) is 41.6 Å². The van der Waals surface area contributed by atoms with Crippen LogP contribution in [0, 0.1) is 28.8 Å². The van der Waals surface area contributed by atoms with Gasteiger partial charge in [-0.3, -0.25) is 10.1 Å². The summed E-state index contributed by atoms with van der Waals surface area (Å²) in [6.07, 6.45) is 1.92. The maximum absolute atomic E-state index is 13.2. The second-order valence-corrected chi connectivity index (χ2v) is 8.43. The molecule has 138 valence electrons. The first kappa shape index (κ1) is 18.5. The fourth-order valence-electron chi connectivity index (χ4n) is 2.85. The van der Waals surface area contributed by atoms with E-state index in [4.69, 9.17) is 0 Å². The molecule has 1 fully saturated rings. The maximum atomic E-state index is 13.2. The molecule has 0 aromatic heterocycles. The zero-order valence-corrected chi connectivity index (χ0v) is 15.1. The topological polar surface area (TPSA) is 80.5 Å². The highest BCUT2D eigenvalue weighted by atomic mass is 32.2. The van der Waals surface area contributed by atoms with Crippen molar-refractivity contribution in [1.82, 2.24) is 4.31 Å². The van der Waals surface area contributed by atoms with Crippen LogP contribution in [0.4, 0.5) is 10.1 Å². The van der Waals surface area contributed by atoms with Crippen LogP contribution in [0.15, 0.2) is 47.4 Å². The Morgan fingerprint density at radius 3 is 2.42 bits per heavy atom. The summed E-state index contributed by atoms with van der Waals surface area (Å²) in [4.78, 5) is 10.5. The minimum absolute atomic E-state index is 0.0607. The molecule has 1 saturated carbocycles. The van der Waals surface area contributed by atoms with Gasteiger partial charge in [-0.2, -0.15) is 4.31 Å². The maximum Gasteiger partial charge on any atom is 0.273 e. The molecule has 0 saturated heterocycles. The van der Waals surface area contributed by atoms with E-state index in [1.54, 1.807) is 12.1 Å². The number of nitrogens with zero attached hydrogens (tertiary/aromatic N) is 2. The highest BCUT2D eigenvalue weighted by molar-refractivity contribution is 7.89. The first-order valence-corrected chi connectivity index (χ1v) is 9.71. The average Bonchev–Trinajstić information content (AvgIpc) is 3.40. The fraction of sp³-hybridized carbons (Fsp3) is 0.333. The molecule has 0 aliphatic heterocycles. The second kappa shape index (κ2) is 7.13. The van der Waals surface area contributed by atoms with Gasteiger partial charge in [-0.05, 0) is 49.4 Å². The first-order valence-electron chi connectivity index (χ1n) is 8.27. The van der Waals surface area contributed by atoms with Crippen molar-refractivity contribution in [3.05, 3.63) is 69.5 Å². The summed E-state index contributed by atoms with van der Waals surface area (Å²) in [7, 11) is -3.92. The Balaban J connectivity index is 1.98. The molecule has 0 N–H and O–H groups in total. The van der Waals surface area contributed by atoms with Crippen molar-refractivity contribution in [2.24, 2.45) is 5.92 Å². The molecule has 0 bridgehead atoms. The minimum Gasteiger partial charge on any atom is -0.258 e. The number of nitro groups is 1. The third-order valence-electron chi connectivity index (χ3n) is 4.50. The number of benzene rings is 2. The van der Waals surface area contributed by atoms with Crippen molar-refractivity contribution in [3.8, 4) is 0 Å². The van der Waals surface area contributed by atoms with Crippen LogP contribution < -0.4 is 0 Å². The van der Waals surface area contributed by atoms with Crippen molar-refractivity contribution in [2.75, 3.05) is 6.54 Å². The lowest BCUT2D eigenvalue weighted by Crippen LogP contribution is -2.33. The fourth-order valence-corrected chi connectivity index (χ4v) is 4.60. The number of hydrogen-bond acceptors (Lipinski definition) is 4. The van der Waals surface area contributed by atoms with Crippen molar-refractivity contribution >= 4 is 15.7 Å². The molecular weight excluding hydrogens is 359 g/mol. The van der Waals surface area contributed by atoms with Crippen molar-refractivity contribution in [1.29, 1.82) is 0 Å². The van der Waals surface area contributed by atoms with Gasteiger partial charge in [-0.1, -0.05) is 18.2 Å². The predicted molar refractivity (Wildman–Crippen MR) is 94.6 cm³/mol. The molecule has 6 nitrogen and oxygen atoms in total. The number of sulfonamides is 1. The van der Waals surface area contributed by atoms with Crippen LogP contribution in [0.3, 0.4) is 0 Å². The summed E-state index contributed by atoms with van der Waals surface area (Å²) in [6, 6.07) is 9.73. The Kier molecular flexibility index (Phi) is 5.06. The van der Waals surface area contributed by atoms with Crippen molar-refractivity contribution in [2.45, 2.75) is 31.2 Å². The average molecular weight is 378 g/mol. The standard InChI is InChI=1S/C18H19FN2O4S/c1-13-17(21(22)23)3-2-4-18(13)26(24,25)20(11-14-5-6-14)12-15-7-9-16(19)10-8-15/h2-4,7-10,14H,5-6,11-12H2,1H3. The molecule has 0 radical (unpaired) electrons. The Labute approximate surface area is 151 Å². The highest BCUT2D eigenvalue weighted by Crippen LogP contribution is 2.34. The SMILES string of the molecule is Cc1c([N+](=O)[O-])cccc1S(=O)(=O)N(Cc1ccc(F)cc1)CC1CC1. The van der Waals surface area contributed by atoms with Crippen LogP contribution in [0.2, 0.25) is 0 Å². The Morgan fingerprint density at radius 1 is 1.19 bits per heavy atom. The number of nitro benzene ring substituents is 1. The number of hydrogen-bond donors (Lipinski definition) is 0. The molecule has 0 unspecified atom stereocenters. The minimum atomic E-state index is -3.92. The van der Waals surface area contributed by atoms with E-state index in [0.717, 1.165) is 12.8 Å². The summed E-state index contributed by atoms with van der Waals surface area (Å²) in [5.74, 6) is -0.0934. The Morgan fingerprint density at radius 2 is 1.85 bits per heavy atom. The van der Waals surface area contributed by atoms with Gasteiger partial charge >= 0.3 is 0 Å². The summed E-state index contributed by atoms with van der Waals surface area (Å²) >= 11 is 0. The molecule has 1 aliphatic carbocycles. The van der Waals surface area contributed by atoms with Crippen molar-refractivity contribution < 1.29 is 17.7 Å². The van der Waals surface area contributed by atoms with Crippen LogP contribution in [-0.4, -0.2) is 24.2 Å². The first-order chi connectivity index (χ1) is 12.3. The molecule has 0 heterocycles. The number of rotatable bonds is 7. The van der Waals surface area contributed by atoms with Gasteiger partial charge in [0.1, 0.15) is 5.82 Å². The van der Waals surface area contributed by atoms with E-state index in [2.05, 4.69) is 0 Å². The number of halogens is 1.